The Morgan fingerprint density at radius 2 is 1.06 bits per heavy atom. The fourth-order valence-corrected chi connectivity index (χ4v) is 8.08. The van der Waals surface area contributed by atoms with Crippen molar-refractivity contribution < 1.29 is 66.8 Å². The second kappa shape index (κ2) is 20.6. The topological polar surface area (TPSA) is 207 Å². The van der Waals surface area contributed by atoms with Crippen molar-refractivity contribution in [1.29, 1.82) is 0 Å². The highest BCUT2D eigenvalue weighted by molar-refractivity contribution is 14.1. The summed E-state index contributed by atoms with van der Waals surface area (Å²) in [6.45, 7) is 6.25. The number of halogens is 3. The lowest BCUT2D eigenvalue weighted by Gasteiger charge is -2.31. The molecule has 0 spiro atoms. The van der Waals surface area contributed by atoms with Gasteiger partial charge in [-0.2, -0.15) is 0 Å². The Morgan fingerprint density at radius 1 is 0.625 bits per heavy atom. The average molecular weight is 1020 g/mol. The molecule has 2 amide bonds. The van der Waals surface area contributed by atoms with Crippen molar-refractivity contribution in [3.8, 4) is 0 Å². The highest BCUT2D eigenvalue weighted by atomic mass is 127. The van der Waals surface area contributed by atoms with Gasteiger partial charge in [0.25, 0.3) is 11.8 Å². The van der Waals surface area contributed by atoms with Gasteiger partial charge in [0.2, 0.25) is 0 Å². The maximum atomic E-state index is 14.6. The number of carbonyl (C=O) groups excluding carboxylic acids is 8. The van der Waals surface area contributed by atoms with Crippen LogP contribution < -0.4 is 5.32 Å². The minimum atomic E-state index is -1.21. The minimum Gasteiger partial charge on any atom is -0.462 e. The average Bonchev–Trinajstić information content (AvgIpc) is 2.94. The molecule has 1 aromatic rings. The number of nitrogens with zero attached hydrogens (tertiary/aromatic N) is 1. The smallest absolute Gasteiger partial charge is 0.303 e. The Balaban J connectivity index is 3.93. The molecule has 1 rings (SSSR count). The van der Waals surface area contributed by atoms with Gasteiger partial charge in [0, 0.05) is 54.2 Å². The first-order chi connectivity index (χ1) is 22.2. The van der Waals surface area contributed by atoms with Crippen LogP contribution in [0, 0.1) is 10.7 Å². The van der Waals surface area contributed by atoms with Gasteiger partial charge in [0.15, 0.2) is 18.3 Å². The van der Waals surface area contributed by atoms with Crippen LogP contribution in [0.1, 0.15) is 64.4 Å². The van der Waals surface area contributed by atoms with Gasteiger partial charge in [-0.15, -0.1) is 0 Å². The monoisotopic (exact) mass is 1020 g/mol. The number of benzene rings is 1. The molecular formula is C29H35I3N2O14. The van der Waals surface area contributed by atoms with Crippen molar-refractivity contribution in [1.82, 2.24) is 4.90 Å². The van der Waals surface area contributed by atoms with Gasteiger partial charge in [0.05, 0.1) is 27.9 Å². The molecule has 0 aliphatic rings. The Morgan fingerprint density at radius 3 is 1.46 bits per heavy atom. The van der Waals surface area contributed by atoms with Crippen LogP contribution in [0.4, 0.5) is 5.69 Å². The van der Waals surface area contributed by atoms with E-state index in [4.69, 9.17) is 28.4 Å². The van der Waals surface area contributed by atoms with Crippen molar-refractivity contribution in [2.75, 3.05) is 31.6 Å². The largest absolute Gasteiger partial charge is 0.462 e. The van der Waals surface area contributed by atoms with Crippen LogP contribution >= 0.6 is 67.8 Å². The molecule has 3 unspecified atom stereocenters. The molecule has 0 saturated heterocycles. The van der Waals surface area contributed by atoms with Gasteiger partial charge in [-0.3, -0.25) is 38.4 Å². The van der Waals surface area contributed by atoms with Gasteiger partial charge >= 0.3 is 35.8 Å². The second-order valence-corrected chi connectivity index (χ2v) is 13.2. The highest BCUT2D eigenvalue weighted by Gasteiger charge is 2.33. The maximum Gasteiger partial charge on any atom is 0.303 e. The number of esters is 6. The van der Waals surface area contributed by atoms with Crippen molar-refractivity contribution >= 4 is 121 Å². The Bertz CT molecular complexity index is 1390. The van der Waals surface area contributed by atoms with Gasteiger partial charge in [0.1, 0.15) is 19.8 Å². The molecule has 3 atom stereocenters. The SMILES string of the molecule is CC(=O)OCc1c(I)c(NC(=O)C(C)OC(C)=O)c(I)c(C(=O)N(CC(COC(C)=O)OC(C)=O)CC(COC(C)=O)OC(C)=O)c1I. The van der Waals surface area contributed by atoms with Crippen LogP contribution in [0.2, 0.25) is 0 Å². The molecule has 19 heteroatoms. The zero-order valence-electron chi connectivity index (χ0n) is 27.1. The van der Waals surface area contributed by atoms with Gasteiger partial charge in [-0.1, -0.05) is 0 Å². The van der Waals surface area contributed by atoms with E-state index >= 15 is 0 Å². The van der Waals surface area contributed by atoms with E-state index in [1.165, 1.54) is 13.8 Å². The summed E-state index contributed by atoms with van der Waals surface area (Å²) >= 11 is 5.65. The van der Waals surface area contributed by atoms with Crippen molar-refractivity contribution in [2.24, 2.45) is 0 Å². The van der Waals surface area contributed by atoms with E-state index < -0.39 is 92.2 Å². The van der Waals surface area contributed by atoms with E-state index in [1.54, 1.807) is 0 Å². The zero-order chi connectivity index (χ0) is 36.9. The summed E-state index contributed by atoms with van der Waals surface area (Å²) in [5.41, 5.74) is 0.481. The molecule has 0 radical (unpaired) electrons. The number of hydrogen-bond acceptors (Lipinski definition) is 14. The first-order valence-corrected chi connectivity index (χ1v) is 17.2. The standard InChI is InChI=1S/C29H35I3N2O14/c1-13(46-17(5)38)28(41)33-27-25(31)22(12-45-16(4)37)24(30)23(26(27)32)29(42)34(8-20(47-18(6)39)10-43-14(2)35)9-21(48-19(7)40)11-44-15(3)36/h13,20-21H,8-12H2,1-7H3,(H,33,41). The highest BCUT2D eigenvalue weighted by Crippen LogP contribution is 2.37. The van der Waals surface area contributed by atoms with E-state index in [-0.39, 0.29) is 21.4 Å². The lowest BCUT2D eigenvalue weighted by Crippen LogP contribution is -2.47. The summed E-state index contributed by atoms with van der Waals surface area (Å²) in [6.07, 6.45) is -3.59. The third kappa shape index (κ3) is 14.7. The Labute approximate surface area is 317 Å². The number of ether oxygens (including phenoxy) is 6. The molecule has 0 fully saturated rings. The second-order valence-electron chi connectivity index (χ2n) is 9.97. The van der Waals surface area contributed by atoms with E-state index in [0.717, 1.165) is 39.5 Å². The summed E-state index contributed by atoms with van der Waals surface area (Å²) in [6, 6.07) is 0. The lowest BCUT2D eigenvalue weighted by atomic mass is 10.1. The number of carbonyl (C=O) groups is 8. The number of rotatable bonds is 16. The number of anilines is 1. The first kappa shape index (κ1) is 43.2. The normalized spacial score (nSPS) is 12.4. The molecule has 0 saturated carbocycles. The number of hydrogen-bond donors (Lipinski definition) is 1. The molecule has 266 valence electrons. The zero-order valence-corrected chi connectivity index (χ0v) is 33.5. The fourth-order valence-electron chi connectivity index (χ4n) is 3.87. The molecule has 0 aromatic heterocycles. The van der Waals surface area contributed by atoms with Crippen LogP contribution in [0.15, 0.2) is 0 Å². The van der Waals surface area contributed by atoms with Crippen LogP contribution in [0.5, 0.6) is 0 Å². The van der Waals surface area contributed by atoms with E-state index in [9.17, 15) is 38.4 Å². The van der Waals surface area contributed by atoms with Crippen molar-refractivity contribution in [3.05, 3.63) is 21.8 Å². The summed E-state index contributed by atoms with van der Waals surface area (Å²) in [5, 5.41) is 2.67. The van der Waals surface area contributed by atoms with Gasteiger partial charge in [-0.05, 0) is 74.7 Å². The summed E-state index contributed by atoms with van der Waals surface area (Å²) in [7, 11) is 0. The Kier molecular flexibility index (Phi) is 18.6. The van der Waals surface area contributed by atoms with E-state index in [2.05, 4.69) is 5.32 Å². The van der Waals surface area contributed by atoms with Crippen LogP contribution in [-0.4, -0.2) is 97.1 Å². The number of nitrogens with one attached hydrogen (secondary N) is 1. The molecule has 1 N–H and O–H groups in total. The lowest BCUT2D eigenvalue weighted by molar-refractivity contribution is -0.159. The quantitative estimate of drug-likeness (QED) is 0.144. The molecule has 16 nitrogen and oxygen atoms in total. The molecule has 0 heterocycles. The molecular weight excluding hydrogens is 981 g/mol. The molecule has 48 heavy (non-hydrogen) atoms. The molecule has 0 aliphatic heterocycles. The minimum absolute atomic E-state index is 0.00247. The van der Waals surface area contributed by atoms with Gasteiger partial charge < -0.3 is 38.6 Å². The summed E-state index contributed by atoms with van der Waals surface area (Å²) in [5.74, 6) is -5.63. The predicted molar refractivity (Wildman–Crippen MR) is 190 cm³/mol. The van der Waals surface area contributed by atoms with Crippen LogP contribution in [0.25, 0.3) is 0 Å². The van der Waals surface area contributed by atoms with E-state index in [1.807, 2.05) is 67.8 Å². The number of amides is 2. The predicted octanol–water partition coefficient (Wildman–Crippen LogP) is 2.89. The van der Waals surface area contributed by atoms with E-state index in [0.29, 0.717) is 12.7 Å². The first-order valence-electron chi connectivity index (χ1n) is 14.0. The van der Waals surface area contributed by atoms with Crippen molar-refractivity contribution in [2.45, 2.75) is 73.4 Å². The van der Waals surface area contributed by atoms with Gasteiger partial charge in [-0.25, -0.2) is 0 Å². The summed E-state index contributed by atoms with van der Waals surface area (Å²) in [4.78, 5) is 99.0. The summed E-state index contributed by atoms with van der Waals surface area (Å²) < 4.78 is 31.9. The Hall–Kier alpha value is -2.83. The van der Waals surface area contributed by atoms with Crippen LogP contribution in [0.3, 0.4) is 0 Å². The third-order valence-electron chi connectivity index (χ3n) is 5.75. The fraction of sp³-hybridized carbons (Fsp3) is 0.517. The van der Waals surface area contributed by atoms with Crippen LogP contribution in [-0.2, 0) is 68.6 Å². The third-order valence-corrected chi connectivity index (χ3v) is 9.21. The molecule has 1 aromatic carbocycles. The van der Waals surface area contributed by atoms with Crippen molar-refractivity contribution in [3.63, 3.8) is 0 Å². The molecule has 0 bridgehead atoms. The molecule has 0 aliphatic carbocycles. The maximum absolute atomic E-state index is 14.6.